The SMILES string of the molecule is C[C@H]1CN(C(=O)C(C)(C)NC(=O)O)CCN1. The van der Waals surface area contributed by atoms with E-state index in [1.165, 1.54) is 0 Å². The maximum atomic E-state index is 12.1. The van der Waals surface area contributed by atoms with E-state index in [1.807, 2.05) is 6.92 Å². The predicted octanol–water partition coefficient (Wildman–Crippen LogP) is -0.147. The molecule has 1 heterocycles. The number of carbonyl (C=O) groups is 2. The van der Waals surface area contributed by atoms with Crippen molar-refractivity contribution in [3.8, 4) is 0 Å². The van der Waals surface area contributed by atoms with E-state index in [2.05, 4.69) is 10.6 Å². The van der Waals surface area contributed by atoms with E-state index in [1.54, 1.807) is 18.7 Å². The van der Waals surface area contributed by atoms with E-state index in [-0.39, 0.29) is 11.9 Å². The zero-order valence-corrected chi connectivity index (χ0v) is 9.91. The highest BCUT2D eigenvalue weighted by atomic mass is 16.4. The molecule has 16 heavy (non-hydrogen) atoms. The predicted molar refractivity (Wildman–Crippen MR) is 59.3 cm³/mol. The summed E-state index contributed by atoms with van der Waals surface area (Å²) in [4.78, 5) is 24.3. The van der Waals surface area contributed by atoms with Crippen molar-refractivity contribution in [2.45, 2.75) is 32.4 Å². The first kappa shape index (κ1) is 12.8. The summed E-state index contributed by atoms with van der Waals surface area (Å²) in [5, 5.41) is 14.1. The molecule has 0 spiro atoms. The maximum Gasteiger partial charge on any atom is 0.405 e. The molecule has 1 fully saturated rings. The highest BCUT2D eigenvalue weighted by Gasteiger charge is 2.34. The lowest BCUT2D eigenvalue weighted by Crippen LogP contribution is -2.60. The van der Waals surface area contributed by atoms with Gasteiger partial charge in [-0.2, -0.15) is 0 Å². The van der Waals surface area contributed by atoms with E-state index in [9.17, 15) is 9.59 Å². The summed E-state index contributed by atoms with van der Waals surface area (Å²) >= 11 is 0. The fraction of sp³-hybridized carbons (Fsp3) is 0.800. The Bertz CT molecular complexity index is 291. The fourth-order valence-corrected chi connectivity index (χ4v) is 1.83. The molecule has 92 valence electrons. The highest BCUT2D eigenvalue weighted by molar-refractivity contribution is 5.88. The van der Waals surface area contributed by atoms with E-state index >= 15 is 0 Å². The largest absolute Gasteiger partial charge is 0.465 e. The zero-order valence-electron chi connectivity index (χ0n) is 9.91. The van der Waals surface area contributed by atoms with Crippen LogP contribution in [0.5, 0.6) is 0 Å². The highest BCUT2D eigenvalue weighted by Crippen LogP contribution is 2.10. The number of hydrogen-bond acceptors (Lipinski definition) is 3. The van der Waals surface area contributed by atoms with E-state index in [4.69, 9.17) is 5.11 Å². The molecule has 1 rings (SSSR count). The van der Waals surface area contributed by atoms with Crippen molar-refractivity contribution >= 4 is 12.0 Å². The van der Waals surface area contributed by atoms with E-state index in [0.717, 1.165) is 6.54 Å². The molecule has 3 N–H and O–H groups in total. The molecule has 2 amide bonds. The molecule has 0 aromatic carbocycles. The number of piperazine rings is 1. The van der Waals surface area contributed by atoms with Crippen LogP contribution in [0.4, 0.5) is 4.79 Å². The Balaban J connectivity index is 2.64. The Kier molecular flexibility index (Phi) is 3.74. The van der Waals surface area contributed by atoms with Crippen LogP contribution in [0, 0.1) is 0 Å². The molecule has 6 heteroatoms. The van der Waals surface area contributed by atoms with Gasteiger partial charge in [0.25, 0.3) is 0 Å². The lowest BCUT2D eigenvalue weighted by Gasteiger charge is -2.36. The topological polar surface area (TPSA) is 81.7 Å². The first-order valence-corrected chi connectivity index (χ1v) is 5.37. The van der Waals surface area contributed by atoms with E-state index in [0.29, 0.717) is 13.1 Å². The summed E-state index contributed by atoms with van der Waals surface area (Å²) in [5.41, 5.74) is -1.07. The normalized spacial score (nSPS) is 21.7. The van der Waals surface area contributed by atoms with Gasteiger partial charge in [-0.15, -0.1) is 0 Å². The van der Waals surface area contributed by atoms with Gasteiger partial charge in [-0.1, -0.05) is 0 Å². The van der Waals surface area contributed by atoms with Crippen LogP contribution in [0.1, 0.15) is 20.8 Å². The van der Waals surface area contributed by atoms with Gasteiger partial charge in [0, 0.05) is 25.7 Å². The van der Waals surface area contributed by atoms with Crippen LogP contribution >= 0.6 is 0 Å². The summed E-state index contributed by atoms with van der Waals surface area (Å²) in [5.74, 6) is -0.178. The summed E-state index contributed by atoms with van der Waals surface area (Å²) in [6.07, 6.45) is -1.18. The van der Waals surface area contributed by atoms with Crippen LogP contribution < -0.4 is 10.6 Å². The van der Waals surface area contributed by atoms with Crippen LogP contribution in [-0.2, 0) is 4.79 Å². The van der Waals surface area contributed by atoms with Gasteiger partial charge in [-0.3, -0.25) is 4.79 Å². The van der Waals surface area contributed by atoms with Gasteiger partial charge in [0.1, 0.15) is 5.54 Å². The van der Waals surface area contributed by atoms with Gasteiger partial charge >= 0.3 is 6.09 Å². The van der Waals surface area contributed by atoms with Crippen molar-refractivity contribution in [2.24, 2.45) is 0 Å². The van der Waals surface area contributed by atoms with Crippen LogP contribution in [0.15, 0.2) is 0 Å². The lowest BCUT2D eigenvalue weighted by atomic mass is 10.0. The minimum absolute atomic E-state index is 0.178. The number of hydrogen-bond donors (Lipinski definition) is 3. The first-order valence-electron chi connectivity index (χ1n) is 5.37. The minimum Gasteiger partial charge on any atom is -0.465 e. The fourth-order valence-electron chi connectivity index (χ4n) is 1.83. The molecule has 0 aromatic heterocycles. The molecule has 0 aliphatic carbocycles. The molecule has 1 atom stereocenters. The molecule has 0 saturated carbocycles. The van der Waals surface area contributed by atoms with Crippen LogP contribution in [0.2, 0.25) is 0 Å². The van der Waals surface area contributed by atoms with Gasteiger partial charge in [-0.05, 0) is 20.8 Å². The second kappa shape index (κ2) is 4.69. The van der Waals surface area contributed by atoms with Crippen LogP contribution in [-0.4, -0.2) is 53.2 Å². The molecule has 0 aromatic rings. The Morgan fingerprint density at radius 3 is 2.62 bits per heavy atom. The van der Waals surface area contributed by atoms with Gasteiger partial charge in [0.2, 0.25) is 5.91 Å². The average Bonchev–Trinajstić information content (AvgIpc) is 2.14. The third-order valence-corrected chi connectivity index (χ3v) is 2.61. The second-order valence-corrected chi connectivity index (χ2v) is 4.66. The first-order chi connectivity index (χ1) is 7.33. The third-order valence-electron chi connectivity index (χ3n) is 2.61. The van der Waals surface area contributed by atoms with Crippen molar-refractivity contribution < 1.29 is 14.7 Å². The number of carboxylic acid groups (broad SMARTS) is 1. The molecule has 1 aliphatic heterocycles. The van der Waals surface area contributed by atoms with Gasteiger partial charge in [-0.25, -0.2) is 4.79 Å². The summed E-state index contributed by atoms with van der Waals surface area (Å²) in [7, 11) is 0. The van der Waals surface area contributed by atoms with E-state index < -0.39 is 11.6 Å². The number of amides is 2. The molecule has 0 radical (unpaired) electrons. The van der Waals surface area contributed by atoms with Gasteiger partial charge in [0.05, 0.1) is 0 Å². The standard InChI is InChI=1S/C10H19N3O3/c1-7-6-13(5-4-11-7)8(14)10(2,3)12-9(15)16/h7,11-12H,4-6H2,1-3H3,(H,15,16)/t7-/m0/s1. The Hall–Kier alpha value is -1.30. The molecular formula is C10H19N3O3. The summed E-state index contributed by atoms with van der Waals surface area (Å²) < 4.78 is 0. The van der Waals surface area contributed by atoms with Crippen molar-refractivity contribution in [1.29, 1.82) is 0 Å². The molecule has 1 aliphatic rings. The number of nitrogens with zero attached hydrogens (tertiary/aromatic N) is 1. The molecule has 6 nitrogen and oxygen atoms in total. The molecule has 0 bridgehead atoms. The lowest BCUT2D eigenvalue weighted by molar-refractivity contribution is -0.138. The average molecular weight is 229 g/mol. The minimum atomic E-state index is -1.18. The Morgan fingerprint density at radius 2 is 2.12 bits per heavy atom. The van der Waals surface area contributed by atoms with Crippen LogP contribution in [0.3, 0.4) is 0 Å². The number of nitrogens with one attached hydrogen (secondary N) is 2. The second-order valence-electron chi connectivity index (χ2n) is 4.66. The van der Waals surface area contributed by atoms with Crippen molar-refractivity contribution in [1.82, 2.24) is 15.5 Å². The molecule has 0 unspecified atom stereocenters. The quantitative estimate of drug-likeness (QED) is 0.615. The van der Waals surface area contributed by atoms with Crippen molar-refractivity contribution in [2.75, 3.05) is 19.6 Å². The van der Waals surface area contributed by atoms with Gasteiger partial charge < -0.3 is 20.6 Å². The molecular weight excluding hydrogens is 210 g/mol. The van der Waals surface area contributed by atoms with Crippen molar-refractivity contribution in [3.63, 3.8) is 0 Å². The summed E-state index contributed by atoms with van der Waals surface area (Å²) in [6.45, 7) is 7.14. The smallest absolute Gasteiger partial charge is 0.405 e. The van der Waals surface area contributed by atoms with Crippen molar-refractivity contribution in [3.05, 3.63) is 0 Å². The zero-order chi connectivity index (χ0) is 12.3. The summed E-state index contributed by atoms with van der Waals surface area (Å²) in [6, 6.07) is 0.248. The number of carbonyl (C=O) groups excluding carboxylic acids is 1. The molecule has 1 saturated heterocycles. The Labute approximate surface area is 95.0 Å². The van der Waals surface area contributed by atoms with Gasteiger partial charge in [0.15, 0.2) is 0 Å². The third kappa shape index (κ3) is 3.10. The number of rotatable bonds is 2. The Morgan fingerprint density at radius 1 is 1.50 bits per heavy atom. The monoisotopic (exact) mass is 229 g/mol. The van der Waals surface area contributed by atoms with Crippen LogP contribution in [0.25, 0.3) is 0 Å². The maximum absolute atomic E-state index is 12.1.